The summed E-state index contributed by atoms with van der Waals surface area (Å²) in [5.74, 6) is 0.623. The zero-order valence-electron chi connectivity index (χ0n) is 16.8. The van der Waals surface area contributed by atoms with Crippen LogP contribution in [0.5, 0.6) is 0 Å². The Morgan fingerprint density at radius 2 is 1.82 bits per heavy atom. The second-order valence-corrected chi connectivity index (χ2v) is 10.4. The van der Waals surface area contributed by atoms with Gasteiger partial charge in [-0.05, 0) is 73.7 Å². The maximum absolute atomic E-state index is 13.6. The first-order chi connectivity index (χ1) is 13.2. The number of rotatable bonds is 1. The van der Waals surface area contributed by atoms with E-state index in [1.165, 1.54) is 6.08 Å². The van der Waals surface area contributed by atoms with Gasteiger partial charge in [-0.2, -0.15) is 0 Å². The van der Waals surface area contributed by atoms with Gasteiger partial charge in [-0.15, -0.1) is 0 Å². The van der Waals surface area contributed by atoms with Crippen LogP contribution in [0.3, 0.4) is 0 Å². The molecule has 4 saturated carbocycles. The monoisotopic (exact) mass is 386 g/mol. The second-order valence-electron chi connectivity index (χ2n) is 10.4. The number of ketones is 2. The summed E-state index contributed by atoms with van der Waals surface area (Å²) < 4.78 is 5.12. The molecule has 1 aliphatic heterocycles. The predicted molar refractivity (Wildman–Crippen MR) is 101 cm³/mol. The molecule has 0 aromatic rings. The third kappa shape index (κ3) is 2.14. The number of hydrogen-bond donors (Lipinski definition) is 1. The van der Waals surface area contributed by atoms with E-state index >= 15 is 0 Å². The molecule has 0 bridgehead atoms. The van der Waals surface area contributed by atoms with E-state index in [-0.39, 0.29) is 41.5 Å². The lowest BCUT2D eigenvalue weighted by Gasteiger charge is -2.62. The molecule has 28 heavy (non-hydrogen) atoms. The predicted octanol–water partition coefficient (Wildman–Crippen LogP) is 2.99. The number of cyclic esters (lactones) is 1. The number of Topliss-reactive ketones (excluding diaryl/α,β-unsaturated/α-hetero) is 2. The molecule has 0 radical (unpaired) electrons. The number of hydrogen-bond acceptors (Lipinski definition) is 5. The maximum Gasteiger partial charge on any atom is 0.331 e. The topological polar surface area (TPSA) is 80.7 Å². The largest absolute Gasteiger partial charge is 0.458 e. The first kappa shape index (κ1) is 18.5. The van der Waals surface area contributed by atoms with E-state index in [9.17, 15) is 19.5 Å². The number of ether oxygens (including phenoxy) is 1. The first-order valence-electron chi connectivity index (χ1n) is 10.8. The summed E-state index contributed by atoms with van der Waals surface area (Å²) in [5, 5.41) is 12.0. The van der Waals surface area contributed by atoms with Crippen molar-refractivity contribution in [2.45, 2.75) is 70.8 Å². The van der Waals surface area contributed by atoms with Crippen LogP contribution in [0, 0.1) is 34.5 Å². The van der Waals surface area contributed by atoms with Crippen molar-refractivity contribution < 1.29 is 24.2 Å². The molecule has 152 valence electrons. The molecule has 1 heterocycles. The number of aliphatic hydroxyl groups is 1. The Bertz CT molecular complexity index is 799. The Morgan fingerprint density at radius 1 is 1.04 bits per heavy atom. The van der Waals surface area contributed by atoms with E-state index in [2.05, 4.69) is 6.92 Å². The molecule has 4 aliphatic carbocycles. The van der Waals surface area contributed by atoms with Crippen LogP contribution in [0.15, 0.2) is 11.6 Å². The summed E-state index contributed by atoms with van der Waals surface area (Å²) in [6.07, 6.45) is 7.29. The summed E-state index contributed by atoms with van der Waals surface area (Å²) in [4.78, 5) is 37.3. The Kier molecular flexibility index (Phi) is 3.82. The first-order valence-corrected chi connectivity index (χ1v) is 10.8. The lowest BCUT2D eigenvalue weighted by molar-refractivity contribution is -0.202. The van der Waals surface area contributed by atoms with Crippen LogP contribution < -0.4 is 0 Å². The van der Waals surface area contributed by atoms with Crippen LogP contribution in [0.4, 0.5) is 0 Å². The highest BCUT2D eigenvalue weighted by Crippen LogP contribution is 2.68. The van der Waals surface area contributed by atoms with Gasteiger partial charge >= 0.3 is 5.97 Å². The molecule has 0 amide bonds. The minimum Gasteiger partial charge on any atom is -0.458 e. The van der Waals surface area contributed by atoms with Crippen LogP contribution >= 0.6 is 0 Å². The molecular weight excluding hydrogens is 356 g/mol. The van der Waals surface area contributed by atoms with Gasteiger partial charge in [0.05, 0.1) is 11.0 Å². The molecular formula is C23H30O5. The summed E-state index contributed by atoms with van der Waals surface area (Å²) in [5.41, 5.74) is -1.03. The van der Waals surface area contributed by atoms with Crippen molar-refractivity contribution in [1.29, 1.82) is 0 Å². The molecule has 7 atom stereocenters. The van der Waals surface area contributed by atoms with E-state index in [1.54, 1.807) is 0 Å². The zero-order valence-corrected chi connectivity index (χ0v) is 16.8. The number of esters is 1. The minimum absolute atomic E-state index is 0.0344. The normalized spacial score (nSPS) is 50.5. The summed E-state index contributed by atoms with van der Waals surface area (Å²) in [6.45, 7) is 4.45. The zero-order chi connectivity index (χ0) is 19.9. The van der Waals surface area contributed by atoms with Crippen molar-refractivity contribution in [3.63, 3.8) is 0 Å². The van der Waals surface area contributed by atoms with Crippen molar-refractivity contribution in [3.8, 4) is 0 Å². The van der Waals surface area contributed by atoms with Gasteiger partial charge in [0.25, 0.3) is 0 Å². The van der Waals surface area contributed by atoms with Crippen LogP contribution in [-0.2, 0) is 19.1 Å². The van der Waals surface area contributed by atoms with Gasteiger partial charge in [-0.1, -0.05) is 6.92 Å². The van der Waals surface area contributed by atoms with Gasteiger partial charge in [0, 0.05) is 25.3 Å². The quantitative estimate of drug-likeness (QED) is 0.701. The van der Waals surface area contributed by atoms with Crippen LogP contribution in [0.25, 0.3) is 0 Å². The standard InChI is InChI=1S/C23H30O5/c1-21-7-5-15(24)10-14(21)3-4-17-18(21)11-19(25)22(2)16(6-8-23(17,22)27)13-9-20(26)28-12-13/h9,14,16-18,27H,3-8,10-12H2,1-2H3/t14-,16-,17?,18?,21+,22+,23+/m1/s1. The highest BCUT2D eigenvalue weighted by Gasteiger charge is 2.71. The van der Waals surface area contributed by atoms with Crippen molar-refractivity contribution >= 4 is 17.5 Å². The van der Waals surface area contributed by atoms with Crippen molar-refractivity contribution in [2.75, 3.05) is 6.61 Å². The highest BCUT2D eigenvalue weighted by atomic mass is 16.5. The third-order valence-electron chi connectivity index (χ3n) is 9.65. The van der Waals surface area contributed by atoms with Gasteiger partial charge in [-0.3, -0.25) is 9.59 Å². The lowest BCUT2D eigenvalue weighted by atomic mass is 9.43. The van der Waals surface area contributed by atoms with Crippen molar-refractivity contribution in [1.82, 2.24) is 0 Å². The maximum atomic E-state index is 13.6. The molecule has 0 aromatic carbocycles. The lowest BCUT2D eigenvalue weighted by Crippen LogP contribution is -2.65. The van der Waals surface area contributed by atoms with E-state index in [1.807, 2.05) is 6.92 Å². The molecule has 5 nitrogen and oxygen atoms in total. The Balaban J connectivity index is 1.53. The van der Waals surface area contributed by atoms with Gasteiger partial charge in [0.2, 0.25) is 0 Å². The number of fused-ring (bicyclic) bond motifs is 5. The minimum atomic E-state index is -1.03. The Labute approximate surface area is 165 Å². The average Bonchev–Trinajstić information content (AvgIpc) is 3.19. The van der Waals surface area contributed by atoms with Gasteiger partial charge in [0.1, 0.15) is 18.2 Å². The van der Waals surface area contributed by atoms with Crippen LogP contribution in [-0.4, -0.2) is 34.9 Å². The third-order valence-corrected chi connectivity index (χ3v) is 9.65. The van der Waals surface area contributed by atoms with Crippen LogP contribution in [0.1, 0.15) is 65.2 Å². The second kappa shape index (κ2) is 5.78. The average molecular weight is 386 g/mol. The van der Waals surface area contributed by atoms with Crippen LogP contribution in [0.2, 0.25) is 0 Å². The molecule has 0 spiro atoms. The number of carbonyl (C=O) groups is 3. The fourth-order valence-electron chi connectivity index (χ4n) is 7.91. The summed E-state index contributed by atoms with van der Waals surface area (Å²) >= 11 is 0. The fourth-order valence-corrected chi connectivity index (χ4v) is 7.91. The molecule has 2 unspecified atom stereocenters. The van der Waals surface area contributed by atoms with E-state index in [4.69, 9.17) is 4.74 Å². The smallest absolute Gasteiger partial charge is 0.331 e. The Hall–Kier alpha value is -1.49. The van der Waals surface area contributed by atoms with E-state index in [0.717, 1.165) is 31.3 Å². The fraction of sp³-hybridized carbons (Fsp3) is 0.783. The molecule has 1 N–H and O–H groups in total. The molecule has 4 fully saturated rings. The molecule has 5 heteroatoms. The highest BCUT2D eigenvalue weighted by molar-refractivity contribution is 5.90. The van der Waals surface area contributed by atoms with E-state index < -0.39 is 11.0 Å². The molecule has 0 aromatic heterocycles. The van der Waals surface area contributed by atoms with Crippen molar-refractivity contribution in [3.05, 3.63) is 11.6 Å². The molecule has 5 rings (SSSR count). The summed E-state index contributed by atoms with van der Waals surface area (Å²) in [6, 6.07) is 0. The number of carbonyl (C=O) groups excluding carboxylic acids is 3. The van der Waals surface area contributed by atoms with Gasteiger partial charge in [-0.25, -0.2) is 4.79 Å². The van der Waals surface area contributed by atoms with Gasteiger partial charge in [0.15, 0.2) is 0 Å². The Morgan fingerprint density at radius 3 is 2.54 bits per heavy atom. The molecule has 5 aliphatic rings. The SMILES string of the molecule is C[C@]12CCC(=O)C[C@H]1CCC1C2CC(=O)[C@]2(C)[C@@H](C3=CC(=O)OC3)CC[C@]12O. The van der Waals surface area contributed by atoms with E-state index in [0.29, 0.717) is 37.4 Å². The molecule has 0 saturated heterocycles. The van der Waals surface area contributed by atoms with Gasteiger partial charge < -0.3 is 9.84 Å². The summed E-state index contributed by atoms with van der Waals surface area (Å²) in [7, 11) is 0. The van der Waals surface area contributed by atoms with Crippen molar-refractivity contribution in [2.24, 2.45) is 34.5 Å².